The molecular weight excluding hydrogens is 408 g/mol. The van der Waals surface area contributed by atoms with E-state index in [-0.39, 0.29) is 11.4 Å². The zero-order valence-corrected chi connectivity index (χ0v) is 17.3. The molecule has 0 atom stereocenters. The van der Waals surface area contributed by atoms with Crippen molar-refractivity contribution < 1.29 is 19.8 Å². The van der Waals surface area contributed by atoms with E-state index in [0.717, 1.165) is 56.3 Å². The third-order valence-electron chi connectivity index (χ3n) is 5.06. The highest BCUT2D eigenvalue weighted by Gasteiger charge is 2.20. The molecule has 1 amide bonds. The number of aliphatic carboxylic acids is 1. The third kappa shape index (κ3) is 6.08. The Balaban J connectivity index is 1.46. The van der Waals surface area contributed by atoms with Crippen molar-refractivity contribution in [2.75, 3.05) is 44.2 Å². The monoisotopic (exact) mass is 432 g/mol. The van der Waals surface area contributed by atoms with Crippen molar-refractivity contribution >= 4 is 29.2 Å². The number of carbonyl (C=O) groups is 2. The van der Waals surface area contributed by atoms with Gasteiger partial charge in [-0.3, -0.25) is 14.5 Å². The summed E-state index contributed by atoms with van der Waals surface area (Å²) in [5.74, 6) is -2.14. The molecule has 8 nitrogen and oxygen atoms in total. The quantitative estimate of drug-likeness (QED) is 0.585. The number of aromatic hydroxyl groups is 1. The number of aryl methyl sites for hydroxylation is 1. The van der Waals surface area contributed by atoms with Gasteiger partial charge in [-0.05, 0) is 37.1 Å². The lowest BCUT2D eigenvalue weighted by Crippen LogP contribution is -2.46. The maximum Gasteiger partial charge on any atom is 0.322 e. The van der Waals surface area contributed by atoms with Crippen LogP contribution in [-0.2, 0) is 11.2 Å². The van der Waals surface area contributed by atoms with E-state index in [1.54, 1.807) is 0 Å². The number of nitrogens with one attached hydrogen (secondary N) is 1. The second-order valence-electron chi connectivity index (χ2n) is 7.20. The molecule has 160 valence electrons. The minimum Gasteiger partial charge on any atom is -0.505 e. The predicted molar refractivity (Wildman–Crippen MR) is 114 cm³/mol. The molecule has 0 radical (unpaired) electrons. The number of carboxylic acid groups (broad SMARTS) is 1. The summed E-state index contributed by atoms with van der Waals surface area (Å²) in [6.45, 7) is 3.90. The Bertz CT molecular complexity index is 883. The molecule has 1 aromatic heterocycles. The summed E-state index contributed by atoms with van der Waals surface area (Å²) in [4.78, 5) is 31.0. The number of carbonyl (C=O) groups excluding carboxylic acids is 1. The molecule has 0 spiro atoms. The molecular formula is C21H25ClN4O4. The first-order chi connectivity index (χ1) is 14.4. The third-order valence-corrected chi connectivity index (χ3v) is 5.31. The average Bonchev–Trinajstić information content (AvgIpc) is 2.74. The maximum atomic E-state index is 11.9. The molecule has 0 unspecified atom stereocenters. The Labute approximate surface area is 180 Å². The summed E-state index contributed by atoms with van der Waals surface area (Å²) in [5.41, 5.74) is 1.84. The van der Waals surface area contributed by atoms with Crippen molar-refractivity contribution in [1.29, 1.82) is 0 Å². The minimum atomic E-state index is -1.16. The second-order valence-corrected chi connectivity index (χ2v) is 7.63. The first kappa shape index (κ1) is 21.9. The average molecular weight is 433 g/mol. The lowest BCUT2D eigenvalue weighted by molar-refractivity contribution is -0.135. The van der Waals surface area contributed by atoms with E-state index < -0.39 is 18.4 Å². The summed E-state index contributed by atoms with van der Waals surface area (Å²) in [6.07, 6.45) is 3.62. The molecule has 3 rings (SSSR count). The first-order valence-corrected chi connectivity index (χ1v) is 10.2. The standard InChI is InChI=1S/C21H25ClN4O4/c22-16-5-3-15(4-6-16)2-1-7-25-8-10-26(11-9-25)17-12-18(27)20(23-13-17)21(30)24-14-19(28)29/h3-6,12-13,27H,1-2,7-11,14H2,(H,24,30)(H,28,29). The van der Waals surface area contributed by atoms with Gasteiger partial charge in [0.15, 0.2) is 5.69 Å². The Hall–Kier alpha value is -2.84. The number of anilines is 1. The SMILES string of the molecule is O=C(O)CNC(=O)c1ncc(N2CCN(CCCc3ccc(Cl)cc3)CC2)cc1O. The smallest absolute Gasteiger partial charge is 0.322 e. The van der Waals surface area contributed by atoms with Gasteiger partial charge in [-0.15, -0.1) is 0 Å². The van der Waals surface area contributed by atoms with Crippen LogP contribution < -0.4 is 10.2 Å². The second kappa shape index (κ2) is 10.3. The number of aromatic nitrogens is 1. The van der Waals surface area contributed by atoms with Gasteiger partial charge in [-0.25, -0.2) is 4.98 Å². The van der Waals surface area contributed by atoms with Crippen LogP contribution in [-0.4, -0.2) is 71.2 Å². The van der Waals surface area contributed by atoms with Crippen molar-refractivity contribution in [2.45, 2.75) is 12.8 Å². The maximum absolute atomic E-state index is 11.9. The fraction of sp³-hybridized carbons (Fsp3) is 0.381. The van der Waals surface area contributed by atoms with Crippen molar-refractivity contribution in [3.63, 3.8) is 0 Å². The number of nitrogens with zero attached hydrogens (tertiary/aromatic N) is 3. The fourth-order valence-electron chi connectivity index (χ4n) is 3.42. The van der Waals surface area contributed by atoms with Crippen LogP contribution in [0.2, 0.25) is 5.02 Å². The summed E-state index contributed by atoms with van der Waals surface area (Å²) in [5, 5.41) is 21.7. The van der Waals surface area contributed by atoms with Crippen molar-refractivity contribution in [3.8, 4) is 5.75 Å². The van der Waals surface area contributed by atoms with Gasteiger partial charge in [0.2, 0.25) is 0 Å². The molecule has 1 fully saturated rings. The molecule has 3 N–H and O–H groups in total. The van der Waals surface area contributed by atoms with E-state index in [9.17, 15) is 14.7 Å². The largest absolute Gasteiger partial charge is 0.505 e. The van der Waals surface area contributed by atoms with Gasteiger partial charge in [0, 0.05) is 37.3 Å². The number of piperazine rings is 1. The first-order valence-electron chi connectivity index (χ1n) is 9.83. The van der Waals surface area contributed by atoms with Gasteiger partial charge in [0.25, 0.3) is 5.91 Å². The van der Waals surface area contributed by atoms with Gasteiger partial charge in [-0.2, -0.15) is 0 Å². The lowest BCUT2D eigenvalue weighted by Gasteiger charge is -2.36. The molecule has 0 aliphatic carbocycles. The number of hydrogen-bond acceptors (Lipinski definition) is 6. The van der Waals surface area contributed by atoms with Crippen molar-refractivity contribution in [2.24, 2.45) is 0 Å². The fourth-order valence-corrected chi connectivity index (χ4v) is 3.54. The molecule has 1 aromatic carbocycles. The molecule has 30 heavy (non-hydrogen) atoms. The van der Waals surface area contributed by atoms with Crippen LogP contribution in [0, 0.1) is 0 Å². The van der Waals surface area contributed by atoms with Crippen LogP contribution in [0.1, 0.15) is 22.5 Å². The predicted octanol–water partition coefficient (Wildman–Crippen LogP) is 2.01. The zero-order chi connectivity index (χ0) is 21.5. The summed E-state index contributed by atoms with van der Waals surface area (Å²) in [6, 6.07) is 9.45. The number of pyridine rings is 1. The van der Waals surface area contributed by atoms with E-state index in [1.165, 1.54) is 17.8 Å². The van der Waals surface area contributed by atoms with E-state index in [1.807, 2.05) is 12.1 Å². The van der Waals surface area contributed by atoms with Crippen LogP contribution in [0.25, 0.3) is 0 Å². The summed E-state index contributed by atoms with van der Waals surface area (Å²) >= 11 is 5.92. The van der Waals surface area contributed by atoms with E-state index in [4.69, 9.17) is 16.7 Å². The lowest BCUT2D eigenvalue weighted by atomic mass is 10.1. The van der Waals surface area contributed by atoms with E-state index >= 15 is 0 Å². The van der Waals surface area contributed by atoms with Gasteiger partial charge in [-0.1, -0.05) is 23.7 Å². The molecule has 9 heteroatoms. The number of rotatable bonds is 8. The highest BCUT2D eigenvalue weighted by atomic mass is 35.5. The normalized spacial score (nSPS) is 14.5. The molecule has 0 bridgehead atoms. The molecule has 1 aliphatic heterocycles. The van der Waals surface area contributed by atoms with Gasteiger partial charge in [0.1, 0.15) is 12.3 Å². The van der Waals surface area contributed by atoms with Crippen molar-refractivity contribution in [1.82, 2.24) is 15.2 Å². The van der Waals surface area contributed by atoms with Crippen LogP contribution in [0.15, 0.2) is 36.5 Å². The van der Waals surface area contributed by atoms with Gasteiger partial charge in [0.05, 0.1) is 11.9 Å². The summed E-state index contributed by atoms with van der Waals surface area (Å²) in [7, 11) is 0. The van der Waals surface area contributed by atoms with Crippen LogP contribution in [0.5, 0.6) is 5.75 Å². The molecule has 1 saturated heterocycles. The highest BCUT2D eigenvalue weighted by Crippen LogP contribution is 2.23. The number of halogens is 1. The Morgan fingerprint density at radius 3 is 2.47 bits per heavy atom. The Morgan fingerprint density at radius 2 is 1.83 bits per heavy atom. The molecule has 1 aliphatic rings. The van der Waals surface area contributed by atoms with E-state index in [2.05, 4.69) is 32.2 Å². The molecule has 0 saturated carbocycles. The summed E-state index contributed by atoms with van der Waals surface area (Å²) < 4.78 is 0. The van der Waals surface area contributed by atoms with Gasteiger partial charge < -0.3 is 20.4 Å². The molecule has 2 aromatic rings. The van der Waals surface area contributed by atoms with Gasteiger partial charge >= 0.3 is 5.97 Å². The highest BCUT2D eigenvalue weighted by molar-refractivity contribution is 6.30. The number of amides is 1. The van der Waals surface area contributed by atoms with Crippen molar-refractivity contribution in [3.05, 3.63) is 52.8 Å². The van der Waals surface area contributed by atoms with Crippen LogP contribution in [0.4, 0.5) is 5.69 Å². The Kier molecular flexibility index (Phi) is 7.48. The van der Waals surface area contributed by atoms with Crippen LogP contribution in [0.3, 0.4) is 0 Å². The van der Waals surface area contributed by atoms with E-state index in [0.29, 0.717) is 0 Å². The van der Waals surface area contributed by atoms with Crippen LogP contribution >= 0.6 is 11.6 Å². The number of benzene rings is 1. The number of carboxylic acids is 1. The number of hydrogen-bond donors (Lipinski definition) is 3. The topological polar surface area (TPSA) is 106 Å². The zero-order valence-electron chi connectivity index (χ0n) is 16.6. The molecule has 2 heterocycles. The minimum absolute atomic E-state index is 0.180. The Morgan fingerprint density at radius 1 is 1.13 bits per heavy atom.